The van der Waals surface area contributed by atoms with Gasteiger partial charge in [0.2, 0.25) is 0 Å². The van der Waals surface area contributed by atoms with E-state index in [1.54, 1.807) is 13.2 Å². The Balaban J connectivity index is 1.98. The lowest BCUT2D eigenvalue weighted by atomic mass is 9.82. The van der Waals surface area contributed by atoms with Gasteiger partial charge in [0.25, 0.3) is 0 Å². The summed E-state index contributed by atoms with van der Waals surface area (Å²) in [6, 6.07) is 5.54. The summed E-state index contributed by atoms with van der Waals surface area (Å²) in [5, 5.41) is 9.95. The minimum atomic E-state index is 0.333. The molecular formula is C15H23NO2. The van der Waals surface area contributed by atoms with Crippen LogP contribution in [0.15, 0.2) is 18.2 Å². The van der Waals surface area contributed by atoms with E-state index in [0.717, 1.165) is 25.2 Å². The van der Waals surface area contributed by atoms with Crippen molar-refractivity contribution >= 4 is 0 Å². The molecule has 0 aromatic heterocycles. The smallest absolute Gasteiger partial charge is 0.123 e. The number of aromatic hydroxyl groups is 1. The molecule has 1 heterocycles. The third-order valence-electron chi connectivity index (χ3n) is 3.90. The zero-order valence-corrected chi connectivity index (χ0v) is 11.6. The molecule has 18 heavy (non-hydrogen) atoms. The molecule has 3 heteroatoms. The van der Waals surface area contributed by atoms with Gasteiger partial charge in [-0.3, -0.25) is 4.90 Å². The fourth-order valence-electron chi connectivity index (χ4n) is 2.36. The molecule has 1 saturated heterocycles. The zero-order chi connectivity index (χ0) is 13.2. The van der Waals surface area contributed by atoms with Gasteiger partial charge in [0.05, 0.1) is 7.11 Å². The van der Waals surface area contributed by atoms with Crippen LogP contribution < -0.4 is 4.74 Å². The van der Waals surface area contributed by atoms with E-state index in [-0.39, 0.29) is 0 Å². The van der Waals surface area contributed by atoms with Crippen molar-refractivity contribution in [3.63, 3.8) is 0 Å². The lowest BCUT2D eigenvalue weighted by Gasteiger charge is -2.37. The normalized spacial score (nSPS) is 19.7. The van der Waals surface area contributed by atoms with Crippen molar-refractivity contribution in [2.24, 2.45) is 5.41 Å². The van der Waals surface area contributed by atoms with E-state index in [9.17, 15) is 5.11 Å². The number of piperidine rings is 1. The van der Waals surface area contributed by atoms with Crippen LogP contribution in [0.3, 0.4) is 0 Å². The summed E-state index contributed by atoms with van der Waals surface area (Å²) in [5.41, 5.74) is 1.45. The van der Waals surface area contributed by atoms with E-state index in [1.165, 1.54) is 12.8 Å². The monoisotopic (exact) mass is 249 g/mol. The second kappa shape index (κ2) is 5.19. The van der Waals surface area contributed by atoms with Crippen molar-refractivity contribution in [2.45, 2.75) is 33.2 Å². The van der Waals surface area contributed by atoms with Gasteiger partial charge in [-0.25, -0.2) is 0 Å². The maximum absolute atomic E-state index is 9.95. The largest absolute Gasteiger partial charge is 0.507 e. The van der Waals surface area contributed by atoms with Crippen molar-refractivity contribution in [3.05, 3.63) is 23.8 Å². The molecule has 0 saturated carbocycles. The van der Waals surface area contributed by atoms with Gasteiger partial charge in [-0.05, 0) is 37.4 Å². The van der Waals surface area contributed by atoms with Gasteiger partial charge >= 0.3 is 0 Å². The topological polar surface area (TPSA) is 32.7 Å². The van der Waals surface area contributed by atoms with E-state index < -0.39 is 0 Å². The predicted octanol–water partition coefficient (Wildman–Crippen LogP) is 3.02. The molecule has 0 bridgehead atoms. The van der Waals surface area contributed by atoms with Crippen molar-refractivity contribution in [3.8, 4) is 11.5 Å². The molecule has 0 unspecified atom stereocenters. The quantitative estimate of drug-likeness (QED) is 0.893. The van der Waals surface area contributed by atoms with Crippen LogP contribution in [0.4, 0.5) is 0 Å². The average molecular weight is 249 g/mol. The number of ether oxygens (including phenoxy) is 1. The van der Waals surface area contributed by atoms with Gasteiger partial charge in [-0.2, -0.15) is 0 Å². The van der Waals surface area contributed by atoms with Crippen LogP contribution >= 0.6 is 0 Å². The van der Waals surface area contributed by atoms with E-state index in [1.807, 2.05) is 12.1 Å². The summed E-state index contributed by atoms with van der Waals surface area (Å²) in [7, 11) is 1.61. The fraction of sp³-hybridized carbons (Fsp3) is 0.600. The van der Waals surface area contributed by atoms with Gasteiger partial charge in [0.1, 0.15) is 11.5 Å². The zero-order valence-electron chi connectivity index (χ0n) is 11.6. The van der Waals surface area contributed by atoms with E-state index in [2.05, 4.69) is 18.7 Å². The number of benzene rings is 1. The molecule has 1 N–H and O–H groups in total. The molecule has 0 atom stereocenters. The lowest BCUT2D eigenvalue weighted by Crippen LogP contribution is -2.36. The Morgan fingerprint density at radius 3 is 2.50 bits per heavy atom. The summed E-state index contributed by atoms with van der Waals surface area (Å²) in [4.78, 5) is 2.41. The van der Waals surface area contributed by atoms with Gasteiger partial charge in [0.15, 0.2) is 0 Å². The van der Waals surface area contributed by atoms with Crippen LogP contribution in [0, 0.1) is 5.41 Å². The number of phenolic OH excluding ortho intramolecular Hbond substituents is 1. The predicted molar refractivity (Wildman–Crippen MR) is 73.0 cm³/mol. The second-order valence-corrected chi connectivity index (χ2v) is 5.94. The molecule has 1 fully saturated rings. The minimum absolute atomic E-state index is 0.333. The van der Waals surface area contributed by atoms with Crippen LogP contribution in [-0.4, -0.2) is 30.2 Å². The maximum atomic E-state index is 9.95. The highest BCUT2D eigenvalue weighted by Gasteiger charge is 2.25. The van der Waals surface area contributed by atoms with E-state index >= 15 is 0 Å². The van der Waals surface area contributed by atoms with Crippen LogP contribution in [-0.2, 0) is 6.54 Å². The number of phenols is 1. The second-order valence-electron chi connectivity index (χ2n) is 5.94. The van der Waals surface area contributed by atoms with Crippen LogP contribution in [0.25, 0.3) is 0 Å². The third-order valence-corrected chi connectivity index (χ3v) is 3.90. The summed E-state index contributed by atoms with van der Waals surface area (Å²) in [5.74, 6) is 1.04. The first-order valence-electron chi connectivity index (χ1n) is 6.58. The average Bonchev–Trinajstić information content (AvgIpc) is 2.34. The number of rotatable bonds is 3. The molecule has 0 aliphatic carbocycles. The van der Waals surface area contributed by atoms with Gasteiger partial charge < -0.3 is 9.84 Å². The Morgan fingerprint density at radius 2 is 1.94 bits per heavy atom. The van der Waals surface area contributed by atoms with Gasteiger partial charge in [-0.1, -0.05) is 19.9 Å². The molecule has 1 aromatic carbocycles. The molecule has 100 valence electrons. The SMILES string of the molecule is COc1ccc(CN2CCC(C)(C)CC2)c(O)c1. The number of hydrogen-bond donors (Lipinski definition) is 1. The Hall–Kier alpha value is -1.22. The summed E-state index contributed by atoms with van der Waals surface area (Å²) >= 11 is 0. The fourth-order valence-corrected chi connectivity index (χ4v) is 2.36. The molecule has 0 spiro atoms. The Labute approximate surface area is 109 Å². The van der Waals surface area contributed by atoms with Crippen molar-refractivity contribution < 1.29 is 9.84 Å². The van der Waals surface area contributed by atoms with E-state index in [4.69, 9.17) is 4.74 Å². The number of methoxy groups -OCH3 is 1. The number of hydrogen-bond acceptors (Lipinski definition) is 3. The summed E-state index contributed by atoms with van der Waals surface area (Å²) in [6.45, 7) is 7.70. The highest BCUT2D eigenvalue weighted by Crippen LogP contribution is 2.31. The van der Waals surface area contributed by atoms with Crippen molar-refractivity contribution in [2.75, 3.05) is 20.2 Å². The molecule has 1 aromatic rings. The molecule has 1 aliphatic rings. The number of likely N-dealkylation sites (tertiary alicyclic amines) is 1. The molecule has 0 radical (unpaired) electrons. The third kappa shape index (κ3) is 3.16. The summed E-state index contributed by atoms with van der Waals surface area (Å²) < 4.78 is 5.09. The van der Waals surface area contributed by atoms with Crippen LogP contribution in [0.5, 0.6) is 11.5 Å². The van der Waals surface area contributed by atoms with Gasteiger partial charge in [0, 0.05) is 18.2 Å². The van der Waals surface area contributed by atoms with E-state index in [0.29, 0.717) is 16.9 Å². The molecule has 3 nitrogen and oxygen atoms in total. The first kappa shape index (κ1) is 13.2. The van der Waals surface area contributed by atoms with Gasteiger partial charge in [-0.15, -0.1) is 0 Å². The molecular weight excluding hydrogens is 226 g/mol. The highest BCUT2D eigenvalue weighted by molar-refractivity contribution is 5.39. The Bertz CT molecular complexity index is 405. The molecule has 2 rings (SSSR count). The Kier molecular flexibility index (Phi) is 3.81. The molecule has 0 amide bonds. The van der Waals surface area contributed by atoms with Crippen LogP contribution in [0.1, 0.15) is 32.3 Å². The number of nitrogens with zero attached hydrogens (tertiary/aromatic N) is 1. The molecule has 1 aliphatic heterocycles. The first-order valence-corrected chi connectivity index (χ1v) is 6.58. The first-order chi connectivity index (χ1) is 8.50. The standard InChI is InChI=1S/C15H23NO2/c1-15(2)6-8-16(9-7-15)11-12-4-5-13(18-3)10-14(12)17/h4-5,10,17H,6-9,11H2,1-3H3. The maximum Gasteiger partial charge on any atom is 0.123 e. The highest BCUT2D eigenvalue weighted by atomic mass is 16.5. The van der Waals surface area contributed by atoms with Crippen molar-refractivity contribution in [1.29, 1.82) is 0 Å². The van der Waals surface area contributed by atoms with Crippen molar-refractivity contribution in [1.82, 2.24) is 4.90 Å². The Morgan fingerprint density at radius 1 is 1.28 bits per heavy atom. The lowest BCUT2D eigenvalue weighted by molar-refractivity contribution is 0.126. The van der Waals surface area contributed by atoms with Crippen LogP contribution in [0.2, 0.25) is 0 Å². The minimum Gasteiger partial charge on any atom is -0.507 e. The summed E-state index contributed by atoms with van der Waals surface area (Å²) in [6.07, 6.45) is 2.45.